The minimum atomic E-state index is -0.410. The second-order valence-electron chi connectivity index (χ2n) is 4.40. The van der Waals surface area contributed by atoms with Gasteiger partial charge in [-0.25, -0.2) is 9.37 Å². The van der Waals surface area contributed by atoms with Gasteiger partial charge in [0.15, 0.2) is 0 Å². The monoisotopic (exact) mass is 307 g/mol. The van der Waals surface area contributed by atoms with E-state index in [-0.39, 0.29) is 10.7 Å². The number of rotatable bonds is 4. The standard InChI is InChI=1S/C15H15ClFN3O/c1-3-18-13-8-7-12(16)14(19-13)15(21)20(2)11-6-4-5-10(17)9-11/h4-9H,3H2,1-2H3,(H,18,19). The molecule has 0 fully saturated rings. The molecule has 1 aromatic carbocycles. The van der Waals surface area contributed by atoms with E-state index >= 15 is 0 Å². The molecule has 2 rings (SSSR count). The topological polar surface area (TPSA) is 45.2 Å². The predicted octanol–water partition coefficient (Wildman–Crippen LogP) is 3.58. The first-order valence-corrected chi connectivity index (χ1v) is 6.84. The molecule has 0 saturated heterocycles. The molecule has 0 saturated carbocycles. The van der Waals surface area contributed by atoms with Crippen LogP contribution in [-0.4, -0.2) is 24.5 Å². The van der Waals surface area contributed by atoms with E-state index in [4.69, 9.17) is 11.6 Å². The predicted molar refractivity (Wildman–Crippen MR) is 82.5 cm³/mol. The lowest BCUT2D eigenvalue weighted by Crippen LogP contribution is -2.27. The van der Waals surface area contributed by atoms with Crippen molar-refractivity contribution in [3.63, 3.8) is 0 Å². The average molecular weight is 308 g/mol. The van der Waals surface area contributed by atoms with Crippen molar-refractivity contribution in [2.75, 3.05) is 23.8 Å². The van der Waals surface area contributed by atoms with Crippen LogP contribution in [0.2, 0.25) is 5.02 Å². The van der Waals surface area contributed by atoms with Crippen LogP contribution in [0.1, 0.15) is 17.4 Å². The van der Waals surface area contributed by atoms with Crippen LogP contribution < -0.4 is 10.2 Å². The number of amides is 1. The molecule has 4 nitrogen and oxygen atoms in total. The maximum Gasteiger partial charge on any atom is 0.278 e. The Morgan fingerprint density at radius 1 is 1.38 bits per heavy atom. The fourth-order valence-electron chi connectivity index (χ4n) is 1.83. The quantitative estimate of drug-likeness (QED) is 0.939. The Bertz CT molecular complexity index is 663. The van der Waals surface area contributed by atoms with Gasteiger partial charge in [0.1, 0.15) is 17.3 Å². The van der Waals surface area contributed by atoms with Crippen LogP contribution in [0.25, 0.3) is 0 Å². The minimum absolute atomic E-state index is 0.127. The molecule has 0 aliphatic carbocycles. The van der Waals surface area contributed by atoms with Crippen LogP contribution in [0.4, 0.5) is 15.9 Å². The summed E-state index contributed by atoms with van der Waals surface area (Å²) in [5.74, 6) is -0.240. The summed E-state index contributed by atoms with van der Waals surface area (Å²) in [5.41, 5.74) is 0.564. The van der Waals surface area contributed by atoms with E-state index in [0.717, 1.165) is 0 Å². The molecule has 1 heterocycles. The molecule has 1 amide bonds. The van der Waals surface area contributed by atoms with Crippen LogP contribution in [0, 0.1) is 5.82 Å². The highest BCUT2D eigenvalue weighted by Gasteiger charge is 2.19. The molecule has 6 heteroatoms. The van der Waals surface area contributed by atoms with Crippen LogP contribution in [0.15, 0.2) is 36.4 Å². The number of carbonyl (C=O) groups excluding carboxylic acids is 1. The summed E-state index contributed by atoms with van der Waals surface area (Å²) in [4.78, 5) is 18.0. The van der Waals surface area contributed by atoms with Gasteiger partial charge in [0.2, 0.25) is 0 Å². The molecular weight excluding hydrogens is 293 g/mol. The third-order valence-electron chi connectivity index (χ3n) is 2.91. The van der Waals surface area contributed by atoms with E-state index in [1.807, 2.05) is 6.92 Å². The van der Waals surface area contributed by atoms with Gasteiger partial charge in [-0.15, -0.1) is 0 Å². The Labute approximate surface area is 127 Å². The molecule has 0 unspecified atom stereocenters. The Morgan fingerprint density at radius 3 is 2.81 bits per heavy atom. The second kappa shape index (κ2) is 6.54. The van der Waals surface area contributed by atoms with Crippen molar-refractivity contribution >= 4 is 29.0 Å². The number of nitrogens with one attached hydrogen (secondary N) is 1. The van der Waals surface area contributed by atoms with Crippen LogP contribution in [0.3, 0.4) is 0 Å². The van der Waals surface area contributed by atoms with Crippen molar-refractivity contribution in [1.29, 1.82) is 0 Å². The van der Waals surface area contributed by atoms with Crippen molar-refractivity contribution in [1.82, 2.24) is 4.98 Å². The summed E-state index contributed by atoms with van der Waals surface area (Å²) >= 11 is 6.04. The van der Waals surface area contributed by atoms with E-state index in [0.29, 0.717) is 18.1 Å². The molecule has 110 valence electrons. The van der Waals surface area contributed by atoms with E-state index in [1.165, 1.54) is 17.0 Å². The molecule has 21 heavy (non-hydrogen) atoms. The number of carbonyl (C=O) groups is 1. The number of anilines is 2. The second-order valence-corrected chi connectivity index (χ2v) is 4.81. The number of pyridine rings is 1. The molecule has 0 bridgehead atoms. The maximum atomic E-state index is 13.2. The summed E-state index contributed by atoms with van der Waals surface area (Å²) in [5, 5.41) is 3.27. The van der Waals surface area contributed by atoms with Gasteiger partial charge in [-0.05, 0) is 37.3 Å². The Balaban J connectivity index is 2.32. The van der Waals surface area contributed by atoms with Crippen molar-refractivity contribution in [3.8, 4) is 0 Å². The largest absolute Gasteiger partial charge is 0.370 e. The molecule has 0 radical (unpaired) electrons. The lowest BCUT2D eigenvalue weighted by molar-refractivity contribution is 0.0988. The minimum Gasteiger partial charge on any atom is -0.370 e. The SMILES string of the molecule is CCNc1ccc(Cl)c(C(=O)N(C)c2cccc(F)c2)n1. The number of aromatic nitrogens is 1. The zero-order chi connectivity index (χ0) is 15.4. The summed E-state index contributed by atoms with van der Waals surface area (Å²) in [6.07, 6.45) is 0. The van der Waals surface area contributed by atoms with Gasteiger partial charge in [-0.1, -0.05) is 17.7 Å². The number of halogens is 2. The molecular formula is C15H15ClFN3O. The molecule has 0 aliphatic heterocycles. The van der Waals surface area contributed by atoms with E-state index in [2.05, 4.69) is 10.3 Å². The highest BCUT2D eigenvalue weighted by atomic mass is 35.5. The normalized spacial score (nSPS) is 10.3. The smallest absolute Gasteiger partial charge is 0.278 e. The van der Waals surface area contributed by atoms with Crippen molar-refractivity contribution in [2.45, 2.75) is 6.92 Å². The first kappa shape index (κ1) is 15.3. The fourth-order valence-corrected chi connectivity index (χ4v) is 2.02. The first-order valence-electron chi connectivity index (χ1n) is 6.47. The molecule has 0 atom stereocenters. The van der Waals surface area contributed by atoms with Gasteiger partial charge in [0.25, 0.3) is 5.91 Å². The summed E-state index contributed by atoms with van der Waals surface area (Å²) < 4.78 is 13.2. The van der Waals surface area contributed by atoms with Gasteiger partial charge in [-0.2, -0.15) is 0 Å². The third kappa shape index (κ3) is 3.49. The Morgan fingerprint density at radius 2 is 2.14 bits per heavy atom. The third-order valence-corrected chi connectivity index (χ3v) is 3.21. The number of nitrogens with zero attached hydrogens (tertiary/aromatic N) is 2. The molecule has 2 aromatic rings. The summed E-state index contributed by atoms with van der Waals surface area (Å²) in [6.45, 7) is 2.61. The molecule has 0 aliphatic rings. The fraction of sp³-hybridized carbons (Fsp3) is 0.200. The van der Waals surface area contributed by atoms with Gasteiger partial charge in [0.05, 0.1) is 5.02 Å². The summed E-state index contributed by atoms with van der Waals surface area (Å²) in [6, 6.07) is 9.09. The summed E-state index contributed by atoms with van der Waals surface area (Å²) in [7, 11) is 1.55. The van der Waals surface area contributed by atoms with Gasteiger partial charge < -0.3 is 10.2 Å². The van der Waals surface area contributed by atoms with Crippen LogP contribution in [0.5, 0.6) is 0 Å². The number of hydrogen-bond donors (Lipinski definition) is 1. The maximum absolute atomic E-state index is 13.2. The Hall–Kier alpha value is -2.14. The molecule has 0 spiro atoms. The zero-order valence-corrected chi connectivity index (χ0v) is 12.5. The van der Waals surface area contributed by atoms with Crippen molar-refractivity contribution in [3.05, 3.63) is 52.9 Å². The van der Waals surface area contributed by atoms with Crippen LogP contribution >= 0.6 is 11.6 Å². The highest BCUT2D eigenvalue weighted by Crippen LogP contribution is 2.21. The Kier molecular flexibility index (Phi) is 4.75. The number of benzene rings is 1. The van der Waals surface area contributed by atoms with Crippen molar-refractivity contribution < 1.29 is 9.18 Å². The lowest BCUT2D eigenvalue weighted by Gasteiger charge is -2.18. The average Bonchev–Trinajstić information content (AvgIpc) is 2.48. The van der Waals surface area contributed by atoms with E-state index in [1.54, 1.807) is 31.3 Å². The van der Waals surface area contributed by atoms with E-state index in [9.17, 15) is 9.18 Å². The first-order chi connectivity index (χ1) is 10.0. The van der Waals surface area contributed by atoms with Crippen LogP contribution in [-0.2, 0) is 0 Å². The molecule has 1 N–H and O–H groups in total. The number of hydrogen-bond acceptors (Lipinski definition) is 3. The van der Waals surface area contributed by atoms with Crippen molar-refractivity contribution in [2.24, 2.45) is 0 Å². The van der Waals surface area contributed by atoms with E-state index < -0.39 is 11.7 Å². The molecule has 1 aromatic heterocycles. The zero-order valence-electron chi connectivity index (χ0n) is 11.7. The van der Waals surface area contributed by atoms with Gasteiger partial charge in [0, 0.05) is 19.3 Å². The highest BCUT2D eigenvalue weighted by molar-refractivity contribution is 6.34. The van der Waals surface area contributed by atoms with Gasteiger partial charge in [-0.3, -0.25) is 4.79 Å². The lowest BCUT2D eigenvalue weighted by atomic mass is 10.2. The van der Waals surface area contributed by atoms with Gasteiger partial charge >= 0.3 is 0 Å².